The monoisotopic (exact) mass is 117 g/mol. The summed E-state index contributed by atoms with van der Waals surface area (Å²) >= 11 is 0. The Kier molecular flexibility index (Phi) is 6.32. The van der Waals surface area contributed by atoms with Gasteiger partial charge in [0.05, 0.1) is 6.67 Å². The van der Waals surface area contributed by atoms with Gasteiger partial charge in [-0.1, -0.05) is 12.2 Å². The number of rotatable bonds is 4. The van der Waals surface area contributed by atoms with Crippen molar-refractivity contribution in [3.05, 3.63) is 12.2 Å². The standard InChI is InChI=1S/C6H10FO/c7-5-3-1-2-4-6-8/h2,4H,1,3,5-6H2. The summed E-state index contributed by atoms with van der Waals surface area (Å²) < 4.78 is 11.3. The Labute approximate surface area is 48.8 Å². The van der Waals surface area contributed by atoms with E-state index in [4.69, 9.17) is 0 Å². The molecule has 0 amide bonds. The second-order valence-corrected chi connectivity index (χ2v) is 1.47. The van der Waals surface area contributed by atoms with Gasteiger partial charge in [-0.3, -0.25) is 4.39 Å². The van der Waals surface area contributed by atoms with Crippen LogP contribution in [0.3, 0.4) is 0 Å². The number of allylic oxidation sites excluding steroid dienone is 1. The van der Waals surface area contributed by atoms with Crippen LogP contribution in [0.4, 0.5) is 4.39 Å². The predicted molar refractivity (Wildman–Crippen MR) is 29.9 cm³/mol. The summed E-state index contributed by atoms with van der Waals surface area (Å²) in [6.45, 7) is -0.477. The fraction of sp³-hybridized carbons (Fsp3) is 0.667. The first kappa shape index (κ1) is 7.63. The quantitative estimate of drug-likeness (QED) is 0.394. The Morgan fingerprint density at radius 1 is 1.38 bits per heavy atom. The van der Waals surface area contributed by atoms with E-state index in [1.807, 2.05) is 0 Å². The van der Waals surface area contributed by atoms with Crippen LogP contribution < -0.4 is 0 Å². The van der Waals surface area contributed by atoms with Gasteiger partial charge in [-0.05, 0) is 12.8 Å². The third-order valence-corrected chi connectivity index (χ3v) is 0.767. The van der Waals surface area contributed by atoms with Crippen LogP contribution in [-0.2, 0) is 5.11 Å². The summed E-state index contributed by atoms with van der Waals surface area (Å²) in [7, 11) is 0. The molecular weight excluding hydrogens is 107 g/mol. The highest BCUT2D eigenvalue weighted by atomic mass is 19.1. The highest BCUT2D eigenvalue weighted by Crippen LogP contribution is 1.89. The fourth-order valence-corrected chi connectivity index (χ4v) is 0.381. The summed E-state index contributed by atoms with van der Waals surface area (Å²) in [5.41, 5.74) is 0. The smallest absolute Gasteiger partial charge is 0.100 e. The molecule has 1 nitrogen and oxygen atoms in total. The van der Waals surface area contributed by atoms with Crippen molar-refractivity contribution in [2.45, 2.75) is 12.8 Å². The maximum absolute atomic E-state index is 11.3. The number of hydrogen-bond acceptors (Lipinski definition) is 0. The van der Waals surface area contributed by atoms with Gasteiger partial charge in [0, 0.05) is 0 Å². The van der Waals surface area contributed by atoms with Crippen LogP contribution in [0.1, 0.15) is 12.8 Å². The molecule has 0 saturated heterocycles. The summed E-state index contributed by atoms with van der Waals surface area (Å²) in [6, 6.07) is 0. The van der Waals surface area contributed by atoms with E-state index in [9.17, 15) is 9.50 Å². The van der Waals surface area contributed by atoms with Crippen molar-refractivity contribution < 1.29 is 9.50 Å². The molecule has 0 atom stereocenters. The number of alkyl halides is 1. The van der Waals surface area contributed by atoms with E-state index < -0.39 is 0 Å². The van der Waals surface area contributed by atoms with Crippen molar-refractivity contribution in [3.8, 4) is 0 Å². The van der Waals surface area contributed by atoms with Crippen molar-refractivity contribution in [1.82, 2.24) is 0 Å². The van der Waals surface area contributed by atoms with Gasteiger partial charge >= 0.3 is 0 Å². The molecule has 0 aliphatic heterocycles. The second-order valence-electron chi connectivity index (χ2n) is 1.47. The summed E-state index contributed by atoms with van der Waals surface area (Å²) in [4.78, 5) is 0. The first-order valence-electron chi connectivity index (χ1n) is 2.71. The molecule has 2 heteroatoms. The second kappa shape index (κ2) is 6.63. The Bertz CT molecular complexity index is 61.5. The molecule has 0 N–H and O–H groups in total. The van der Waals surface area contributed by atoms with Gasteiger partial charge in [0.15, 0.2) is 0 Å². The molecule has 0 aromatic carbocycles. The van der Waals surface area contributed by atoms with Gasteiger partial charge in [0.1, 0.15) is 6.61 Å². The average Bonchev–Trinajstić information content (AvgIpc) is 1.81. The lowest BCUT2D eigenvalue weighted by molar-refractivity contribution is 0.232. The molecule has 8 heavy (non-hydrogen) atoms. The normalized spacial score (nSPS) is 10.8. The average molecular weight is 117 g/mol. The Morgan fingerprint density at radius 3 is 2.62 bits per heavy atom. The molecule has 0 spiro atoms. The molecule has 0 aromatic heterocycles. The van der Waals surface area contributed by atoms with Crippen LogP contribution >= 0.6 is 0 Å². The minimum atomic E-state index is -0.288. The Balaban J connectivity index is 2.80. The summed E-state index contributed by atoms with van der Waals surface area (Å²) in [6.07, 6.45) is 4.46. The minimum absolute atomic E-state index is 0.188. The van der Waals surface area contributed by atoms with E-state index in [0.717, 1.165) is 0 Å². The van der Waals surface area contributed by atoms with Crippen molar-refractivity contribution in [2.24, 2.45) is 0 Å². The number of halogens is 1. The zero-order chi connectivity index (χ0) is 6.24. The zero-order valence-electron chi connectivity index (χ0n) is 4.77. The van der Waals surface area contributed by atoms with E-state index in [0.29, 0.717) is 12.8 Å². The van der Waals surface area contributed by atoms with Crippen LogP contribution in [0.2, 0.25) is 0 Å². The van der Waals surface area contributed by atoms with E-state index in [1.54, 1.807) is 6.08 Å². The van der Waals surface area contributed by atoms with Crippen molar-refractivity contribution in [2.75, 3.05) is 13.3 Å². The van der Waals surface area contributed by atoms with Gasteiger partial charge in [-0.25, -0.2) is 5.11 Å². The van der Waals surface area contributed by atoms with E-state index in [-0.39, 0.29) is 13.3 Å². The minimum Gasteiger partial charge on any atom is -0.251 e. The van der Waals surface area contributed by atoms with Crippen LogP contribution in [0.15, 0.2) is 12.2 Å². The molecule has 0 rings (SSSR count). The van der Waals surface area contributed by atoms with Crippen molar-refractivity contribution >= 4 is 0 Å². The summed E-state index contributed by atoms with van der Waals surface area (Å²) in [5.74, 6) is 0. The molecule has 0 aliphatic carbocycles. The predicted octanol–water partition coefficient (Wildman–Crippen LogP) is 1.72. The molecule has 0 unspecified atom stereocenters. The SMILES string of the molecule is [O]CC=CCCCF. The molecule has 0 aliphatic rings. The Morgan fingerprint density at radius 2 is 2.12 bits per heavy atom. The topological polar surface area (TPSA) is 19.9 Å². The highest BCUT2D eigenvalue weighted by molar-refractivity contribution is 4.79. The van der Waals surface area contributed by atoms with Crippen LogP contribution in [0.25, 0.3) is 0 Å². The Hall–Kier alpha value is -0.370. The molecule has 0 saturated carbocycles. The van der Waals surface area contributed by atoms with Crippen molar-refractivity contribution in [1.29, 1.82) is 0 Å². The lowest BCUT2D eigenvalue weighted by Gasteiger charge is -1.82. The van der Waals surface area contributed by atoms with Gasteiger partial charge in [0.25, 0.3) is 0 Å². The van der Waals surface area contributed by atoms with Crippen LogP contribution in [0.5, 0.6) is 0 Å². The third kappa shape index (κ3) is 5.63. The highest BCUT2D eigenvalue weighted by Gasteiger charge is 1.77. The molecule has 47 valence electrons. The van der Waals surface area contributed by atoms with Gasteiger partial charge in [0.2, 0.25) is 0 Å². The first-order chi connectivity index (χ1) is 3.91. The molecule has 1 radical (unpaired) electrons. The van der Waals surface area contributed by atoms with Crippen molar-refractivity contribution in [3.63, 3.8) is 0 Å². The van der Waals surface area contributed by atoms with E-state index >= 15 is 0 Å². The van der Waals surface area contributed by atoms with Crippen LogP contribution in [-0.4, -0.2) is 13.3 Å². The molecule has 0 heterocycles. The molecule has 0 fully saturated rings. The zero-order valence-corrected chi connectivity index (χ0v) is 4.77. The first-order valence-corrected chi connectivity index (χ1v) is 2.71. The maximum Gasteiger partial charge on any atom is 0.100 e. The van der Waals surface area contributed by atoms with Gasteiger partial charge in [-0.2, -0.15) is 0 Å². The fourth-order valence-electron chi connectivity index (χ4n) is 0.381. The van der Waals surface area contributed by atoms with Crippen LogP contribution in [0, 0.1) is 0 Å². The van der Waals surface area contributed by atoms with E-state index in [1.165, 1.54) is 6.08 Å². The largest absolute Gasteiger partial charge is 0.251 e. The van der Waals surface area contributed by atoms with E-state index in [2.05, 4.69) is 0 Å². The lowest BCUT2D eigenvalue weighted by atomic mass is 10.3. The maximum atomic E-state index is 11.3. The summed E-state index contributed by atoms with van der Waals surface area (Å²) in [5, 5.41) is 9.71. The van der Waals surface area contributed by atoms with Gasteiger partial charge < -0.3 is 0 Å². The van der Waals surface area contributed by atoms with Gasteiger partial charge in [-0.15, -0.1) is 0 Å². The molecular formula is C6H10FO. The lowest BCUT2D eigenvalue weighted by Crippen LogP contribution is -1.73. The molecule has 0 aromatic rings. The third-order valence-electron chi connectivity index (χ3n) is 0.767. The molecule has 0 bridgehead atoms. The number of unbranched alkanes of at least 4 members (excludes halogenated alkanes) is 1. The number of hydrogen-bond donors (Lipinski definition) is 0.